The fourth-order valence-corrected chi connectivity index (χ4v) is 2.75. The number of nitrogens with one attached hydrogen (secondary N) is 1. The Bertz CT molecular complexity index is 265. The van der Waals surface area contributed by atoms with Crippen LogP contribution in [0.1, 0.15) is 18.2 Å². The van der Waals surface area contributed by atoms with Gasteiger partial charge in [0.2, 0.25) is 0 Å². The summed E-state index contributed by atoms with van der Waals surface area (Å²) in [5.74, 6) is 0. The third-order valence-corrected chi connectivity index (χ3v) is 4.00. The average molecular weight is 292 g/mol. The van der Waals surface area contributed by atoms with Gasteiger partial charge in [-0.15, -0.1) is 11.3 Å². The molecule has 0 fully saturated rings. The van der Waals surface area contributed by atoms with Crippen LogP contribution in [0.4, 0.5) is 0 Å². The predicted octanol–water partition coefficient (Wildman–Crippen LogP) is 3.07. The normalized spacial score (nSPS) is 10.8. The second kappa shape index (κ2) is 8.28. The van der Waals surface area contributed by atoms with Crippen molar-refractivity contribution >= 4 is 27.3 Å². The Morgan fingerprint density at radius 2 is 2.27 bits per heavy atom. The molecular formula is C11H18BrNOS. The Kier molecular flexibility index (Phi) is 7.26. The summed E-state index contributed by atoms with van der Waals surface area (Å²) in [5, 5.41) is 5.41. The second-order valence-corrected chi connectivity index (χ2v) is 5.16. The molecule has 1 aromatic heterocycles. The monoisotopic (exact) mass is 291 g/mol. The van der Waals surface area contributed by atoms with Crippen molar-refractivity contribution < 1.29 is 4.74 Å². The van der Waals surface area contributed by atoms with Gasteiger partial charge in [-0.3, -0.25) is 0 Å². The Morgan fingerprint density at radius 1 is 1.40 bits per heavy atom. The van der Waals surface area contributed by atoms with Crippen molar-refractivity contribution in [1.29, 1.82) is 0 Å². The largest absolute Gasteiger partial charge is 0.380 e. The van der Waals surface area contributed by atoms with Crippen molar-refractivity contribution in [2.45, 2.75) is 19.8 Å². The second-order valence-electron chi connectivity index (χ2n) is 3.30. The third-order valence-electron chi connectivity index (χ3n) is 2.01. The van der Waals surface area contributed by atoms with Gasteiger partial charge >= 0.3 is 0 Å². The van der Waals surface area contributed by atoms with E-state index in [1.807, 2.05) is 0 Å². The zero-order valence-corrected chi connectivity index (χ0v) is 11.5. The molecule has 0 unspecified atom stereocenters. The van der Waals surface area contributed by atoms with E-state index in [0.29, 0.717) is 0 Å². The van der Waals surface area contributed by atoms with E-state index in [0.717, 1.165) is 32.7 Å². The highest BCUT2D eigenvalue weighted by Crippen LogP contribution is 2.22. The van der Waals surface area contributed by atoms with E-state index >= 15 is 0 Å². The minimum absolute atomic E-state index is 0.809. The number of thiophene rings is 1. The van der Waals surface area contributed by atoms with E-state index in [-0.39, 0.29) is 0 Å². The van der Waals surface area contributed by atoms with Gasteiger partial charge < -0.3 is 10.1 Å². The van der Waals surface area contributed by atoms with E-state index < -0.39 is 0 Å². The van der Waals surface area contributed by atoms with E-state index in [2.05, 4.69) is 39.6 Å². The van der Waals surface area contributed by atoms with Gasteiger partial charge in [0.05, 0.1) is 13.2 Å². The maximum atomic E-state index is 5.53. The summed E-state index contributed by atoms with van der Waals surface area (Å²) in [4.78, 5) is 1.37. The third kappa shape index (κ3) is 5.66. The van der Waals surface area contributed by atoms with Crippen LogP contribution >= 0.6 is 27.3 Å². The van der Waals surface area contributed by atoms with Gasteiger partial charge in [0.15, 0.2) is 0 Å². The van der Waals surface area contributed by atoms with Crippen LogP contribution in [-0.2, 0) is 11.2 Å². The number of rotatable bonds is 8. The van der Waals surface area contributed by atoms with Gasteiger partial charge in [-0.2, -0.15) is 0 Å². The Hall–Kier alpha value is 0.100. The standard InChI is InChI=1S/C11H18BrNOS/c1-2-5-13-6-8-14-7-3-11-10(12)4-9-15-11/h4,9,13H,2-3,5-8H2,1H3. The van der Waals surface area contributed by atoms with Crippen molar-refractivity contribution in [2.24, 2.45) is 0 Å². The molecule has 1 aromatic rings. The summed E-state index contributed by atoms with van der Waals surface area (Å²) in [5.41, 5.74) is 0. The number of hydrogen-bond donors (Lipinski definition) is 1. The highest BCUT2D eigenvalue weighted by molar-refractivity contribution is 9.10. The topological polar surface area (TPSA) is 21.3 Å². The Morgan fingerprint density at radius 3 is 2.93 bits per heavy atom. The molecule has 86 valence electrons. The maximum Gasteiger partial charge on any atom is 0.0591 e. The van der Waals surface area contributed by atoms with Crippen LogP contribution in [0.25, 0.3) is 0 Å². The smallest absolute Gasteiger partial charge is 0.0591 e. The first-order valence-corrected chi connectivity index (χ1v) is 7.02. The lowest BCUT2D eigenvalue weighted by Gasteiger charge is -2.04. The van der Waals surface area contributed by atoms with E-state index in [1.54, 1.807) is 11.3 Å². The summed E-state index contributed by atoms with van der Waals surface area (Å²) in [6.07, 6.45) is 2.19. The van der Waals surface area contributed by atoms with Crippen molar-refractivity contribution in [3.63, 3.8) is 0 Å². The summed E-state index contributed by atoms with van der Waals surface area (Å²) < 4.78 is 6.74. The molecule has 1 rings (SSSR count). The van der Waals surface area contributed by atoms with Crippen molar-refractivity contribution in [1.82, 2.24) is 5.32 Å². The van der Waals surface area contributed by atoms with Gasteiger partial charge in [0.1, 0.15) is 0 Å². The molecule has 0 aliphatic rings. The van der Waals surface area contributed by atoms with Crippen LogP contribution < -0.4 is 5.32 Å². The van der Waals surface area contributed by atoms with E-state index in [1.165, 1.54) is 15.8 Å². The minimum atomic E-state index is 0.809. The van der Waals surface area contributed by atoms with Crippen LogP contribution in [0.3, 0.4) is 0 Å². The van der Waals surface area contributed by atoms with E-state index in [9.17, 15) is 0 Å². The summed E-state index contributed by atoms with van der Waals surface area (Å²) in [6, 6.07) is 2.09. The molecule has 0 saturated carbocycles. The lowest BCUT2D eigenvalue weighted by molar-refractivity contribution is 0.139. The molecule has 4 heteroatoms. The van der Waals surface area contributed by atoms with Gasteiger partial charge in [0, 0.05) is 22.3 Å². The van der Waals surface area contributed by atoms with Crippen LogP contribution in [0.15, 0.2) is 15.9 Å². The van der Waals surface area contributed by atoms with E-state index in [4.69, 9.17) is 4.74 Å². The van der Waals surface area contributed by atoms with Gasteiger partial charge in [-0.05, 0) is 40.3 Å². The molecule has 0 bridgehead atoms. The average Bonchev–Trinajstić information content (AvgIpc) is 2.63. The summed E-state index contributed by atoms with van der Waals surface area (Å²) in [7, 11) is 0. The zero-order valence-electron chi connectivity index (χ0n) is 9.09. The SMILES string of the molecule is CCCNCCOCCc1sccc1Br. The Labute approximate surface area is 104 Å². The number of halogens is 1. The number of ether oxygens (including phenoxy) is 1. The molecule has 0 aromatic carbocycles. The first kappa shape index (κ1) is 13.2. The fourth-order valence-electron chi connectivity index (χ4n) is 1.22. The van der Waals surface area contributed by atoms with Gasteiger partial charge in [-0.25, -0.2) is 0 Å². The molecule has 0 saturated heterocycles. The molecule has 0 atom stereocenters. The summed E-state index contributed by atoms with van der Waals surface area (Å²) >= 11 is 5.29. The van der Waals surface area contributed by atoms with Crippen molar-refractivity contribution in [3.8, 4) is 0 Å². The van der Waals surface area contributed by atoms with Crippen LogP contribution in [0.5, 0.6) is 0 Å². The maximum absolute atomic E-state index is 5.53. The van der Waals surface area contributed by atoms with Gasteiger partial charge in [0.25, 0.3) is 0 Å². The lowest BCUT2D eigenvalue weighted by Crippen LogP contribution is -2.20. The quantitative estimate of drug-likeness (QED) is 0.744. The highest BCUT2D eigenvalue weighted by Gasteiger charge is 2.00. The molecule has 0 radical (unpaired) electrons. The first-order chi connectivity index (χ1) is 7.34. The Balaban J connectivity index is 1.96. The summed E-state index contributed by atoms with van der Waals surface area (Å²) in [6.45, 7) is 5.83. The van der Waals surface area contributed by atoms with Crippen LogP contribution in [0.2, 0.25) is 0 Å². The minimum Gasteiger partial charge on any atom is -0.380 e. The molecule has 0 aliphatic heterocycles. The first-order valence-electron chi connectivity index (χ1n) is 5.35. The van der Waals surface area contributed by atoms with Crippen molar-refractivity contribution in [3.05, 3.63) is 20.8 Å². The molecule has 1 heterocycles. The molecular weight excluding hydrogens is 274 g/mol. The zero-order chi connectivity index (χ0) is 10.9. The van der Waals surface area contributed by atoms with Gasteiger partial charge in [-0.1, -0.05) is 6.92 Å². The molecule has 0 amide bonds. The molecule has 0 spiro atoms. The molecule has 1 N–H and O–H groups in total. The molecule has 0 aliphatic carbocycles. The lowest BCUT2D eigenvalue weighted by atomic mass is 10.4. The van der Waals surface area contributed by atoms with Crippen molar-refractivity contribution in [2.75, 3.05) is 26.3 Å². The van der Waals surface area contributed by atoms with Crippen LogP contribution in [-0.4, -0.2) is 26.3 Å². The highest BCUT2D eigenvalue weighted by atomic mass is 79.9. The molecule has 2 nitrogen and oxygen atoms in total. The number of hydrogen-bond acceptors (Lipinski definition) is 3. The fraction of sp³-hybridized carbons (Fsp3) is 0.636. The molecule has 15 heavy (non-hydrogen) atoms. The van der Waals surface area contributed by atoms with Crippen LogP contribution in [0, 0.1) is 0 Å². The predicted molar refractivity (Wildman–Crippen MR) is 69.7 cm³/mol.